The Labute approximate surface area is 113 Å². The third-order valence-corrected chi connectivity index (χ3v) is 3.41. The van der Waals surface area contributed by atoms with Crippen LogP contribution >= 0.6 is 11.8 Å². The standard InChI is InChI=1S/C13H21N3OS/c1-3-16(10-11-4-7-15-8-5-11)13(17)12(14)6-9-18-2/h4-5,7-8,12H,3,6,9-10,14H2,1-2H3/t12-/m0/s1. The fourth-order valence-electron chi connectivity index (χ4n) is 1.66. The topological polar surface area (TPSA) is 59.2 Å². The van der Waals surface area contributed by atoms with Gasteiger partial charge < -0.3 is 10.6 Å². The molecule has 18 heavy (non-hydrogen) atoms. The van der Waals surface area contributed by atoms with Gasteiger partial charge in [-0.1, -0.05) is 0 Å². The van der Waals surface area contributed by atoms with E-state index in [4.69, 9.17) is 5.73 Å². The normalized spacial score (nSPS) is 12.2. The molecule has 0 fully saturated rings. The Hall–Kier alpha value is -1.07. The van der Waals surface area contributed by atoms with Crippen molar-refractivity contribution in [2.45, 2.75) is 25.9 Å². The first-order chi connectivity index (χ1) is 8.69. The van der Waals surface area contributed by atoms with Gasteiger partial charge in [-0.05, 0) is 43.0 Å². The van der Waals surface area contributed by atoms with E-state index in [1.165, 1.54) is 0 Å². The van der Waals surface area contributed by atoms with E-state index in [1.54, 1.807) is 29.1 Å². The highest BCUT2D eigenvalue weighted by Crippen LogP contribution is 2.07. The van der Waals surface area contributed by atoms with Crippen molar-refractivity contribution in [3.63, 3.8) is 0 Å². The van der Waals surface area contributed by atoms with Crippen molar-refractivity contribution in [2.75, 3.05) is 18.6 Å². The Morgan fingerprint density at radius 2 is 2.17 bits per heavy atom. The van der Waals surface area contributed by atoms with Crippen LogP contribution in [0.5, 0.6) is 0 Å². The number of nitrogens with zero attached hydrogens (tertiary/aromatic N) is 2. The Kier molecular flexibility index (Phi) is 6.75. The Morgan fingerprint density at radius 3 is 2.72 bits per heavy atom. The van der Waals surface area contributed by atoms with Crippen molar-refractivity contribution in [3.05, 3.63) is 30.1 Å². The summed E-state index contributed by atoms with van der Waals surface area (Å²) in [6, 6.07) is 3.45. The molecule has 1 atom stereocenters. The molecule has 1 amide bonds. The molecule has 1 aromatic rings. The minimum Gasteiger partial charge on any atom is -0.337 e. The second kappa shape index (κ2) is 8.11. The summed E-state index contributed by atoms with van der Waals surface area (Å²) >= 11 is 1.71. The summed E-state index contributed by atoms with van der Waals surface area (Å²) in [4.78, 5) is 17.9. The molecule has 0 aromatic carbocycles. The number of hydrogen-bond acceptors (Lipinski definition) is 4. The maximum absolute atomic E-state index is 12.2. The van der Waals surface area contributed by atoms with Gasteiger partial charge in [0.15, 0.2) is 0 Å². The van der Waals surface area contributed by atoms with Gasteiger partial charge in [-0.25, -0.2) is 0 Å². The van der Waals surface area contributed by atoms with Gasteiger partial charge in [0.2, 0.25) is 5.91 Å². The molecule has 2 N–H and O–H groups in total. The SMILES string of the molecule is CCN(Cc1ccncc1)C(=O)[C@@H](N)CCSC. The van der Waals surface area contributed by atoms with E-state index in [0.29, 0.717) is 13.1 Å². The lowest BCUT2D eigenvalue weighted by Crippen LogP contribution is -2.43. The monoisotopic (exact) mass is 267 g/mol. The summed E-state index contributed by atoms with van der Waals surface area (Å²) in [5, 5.41) is 0. The molecule has 0 bridgehead atoms. The molecule has 0 aliphatic heterocycles. The van der Waals surface area contributed by atoms with Crippen molar-refractivity contribution in [3.8, 4) is 0 Å². The van der Waals surface area contributed by atoms with E-state index in [0.717, 1.165) is 17.7 Å². The molecule has 1 heterocycles. The van der Waals surface area contributed by atoms with Crippen LogP contribution in [0.3, 0.4) is 0 Å². The molecule has 0 unspecified atom stereocenters. The van der Waals surface area contributed by atoms with Gasteiger partial charge in [0.05, 0.1) is 6.04 Å². The van der Waals surface area contributed by atoms with Crippen molar-refractivity contribution >= 4 is 17.7 Å². The molecule has 0 aliphatic carbocycles. The number of amides is 1. The highest BCUT2D eigenvalue weighted by Gasteiger charge is 2.19. The quantitative estimate of drug-likeness (QED) is 0.813. The smallest absolute Gasteiger partial charge is 0.239 e. The van der Waals surface area contributed by atoms with E-state index in [2.05, 4.69) is 4.98 Å². The van der Waals surface area contributed by atoms with Gasteiger partial charge in [0.25, 0.3) is 0 Å². The van der Waals surface area contributed by atoms with Gasteiger partial charge >= 0.3 is 0 Å². The number of likely N-dealkylation sites (N-methyl/N-ethyl adjacent to an activating group) is 1. The Balaban J connectivity index is 2.57. The number of pyridine rings is 1. The summed E-state index contributed by atoms with van der Waals surface area (Å²) < 4.78 is 0. The molecule has 0 spiro atoms. The minimum atomic E-state index is -0.390. The van der Waals surface area contributed by atoms with Crippen LogP contribution in [0.25, 0.3) is 0 Å². The zero-order valence-electron chi connectivity index (χ0n) is 11.0. The highest BCUT2D eigenvalue weighted by atomic mass is 32.2. The molecular weight excluding hydrogens is 246 g/mol. The van der Waals surface area contributed by atoms with Crippen LogP contribution in [0.15, 0.2) is 24.5 Å². The zero-order valence-corrected chi connectivity index (χ0v) is 11.8. The predicted octanol–water partition coefficient (Wildman–Crippen LogP) is 1.51. The zero-order chi connectivity index (χ0) is 13.4. The first kappa shape index (κ1) is 15.0. The molecule has 0 radical (unpaired) electrons. The molecule has 0 saturated carbocycles. The summed E-state index contributed by atoms with van der Waals surface area (Å²) in [5.41, 5.74) is 7.00. The van der Waals surface area contributed by atoms with Crippen molar-refractivity contribution in [1.82, 2.24) is 9.88 Å². The Morgan fingerprint density at radius 1 is 1.50 bits per heavy atom. The molecule has 5 heteroatoms. The third-order valence-electron chi connectivity index (χ3n) is 2.77. The number of rotatable bonds is 7. The summed E-state index contributed by atoms with van der Waals surface area (Å²) in [6.45, 7) is 3.25. The fourth-order valence-corrected chi connectivity index (χ4v) is 2.15. The van der Waals surface area contributed by atoms with Gasteiger partial charge in [-0.3, -0.25) is 9.78 Å². The predicted molar refractivity (Wildman–Crippen MR) is 76.3 cm³/mol. The first-order valence-electron chi connectivity index (χ1n) is 6.11. The number of nitrogens with two attached hydrogens (primary N) is 1. The van der Waals surface area contributed by atoms with Crippen LogP contribution in [0.4, 0.5) is 0 Å². The number of hydrogen-bond donors (Lipinski definition) is 1. The van der Waals surface area contributed by atoms with Crippen LogP contribution in [0.2, 0.25) is 0 Å². The number of thioether (sulfide) groups is 1. The van der Waals surface area contributed by atoms with Crippen LogP contribution in [-0.4, -0.2) is 40.4 Å². The fraction of sp³-hybridized carbons (Fsp3) is 0.538. The van der Waals surface area contributed by atoms with Gasteiger partial charge in [0, 0.05) is 25.5 Å². The first-order valence-corrected chi connectivity index (χ1v) is 7.50. The lowest BCUT2D eigenvalue weighted by molar-refractivity contribution is -0.133. The largest absolute Gasteiger partial charge is 0.337 e. The van der Waals surface area contributed by atoms with Crippen LogP contribution in [-0.2, 0) is 11.3 Å². The second-order valence-corrected chi connectivity index (χ2v) is 5.08. The van der Waals surface area contributed by atoms with Gasteiger partial charge in [-0.15, -0.1) is 0 Å². The maximum Gasteiger partial charge on any atom is 0.239 e. The van der Waals surface area contributed by atoms with Crippen molar-refractivity contribution in [1.29, 1.82) is 0 Å². The molecular formula is C13H21N3OS. The van der Waals surface area contributed by atoms with Crippen LogP contribution in [0.1, 0.15) is 18.9 Å². The molecule has 4 nitrogen and oxygen atoms in total. The van der Waals surface area contributed by atoms with E-state index in [-0.39, 0.29) is 11.9 Å². The van der Waals surface area contributed by atoms with Crippen LogP contribution < -0.4 is 5.73 Å². The Bertz CT molecular complexity index is 359. The molecule has 0 aliphatic rings. The minimum absolute atomic E-state index is 0.0309. The third kappa shape index (κ3) is 4.66. The summed E-state index contributed by atoms with van der Waals surface area (Å²) in [6.07, 6.45) is 6.22. The number of carbonyl (C=O) groups excluding carboxylic acids is 1. The van der Waals surface area contributed by atoms with Crippen molar-refractivity contribution < 1.29 is 4.79 Å². The van der Waals surface area contributed by atoms with E-state index in [1.807, 2.05) is 25.3 Å². The maximum atomic E-state index is 12.2. The average molecular weight is 267 g/mol. The van der Waals surface area contributed by atoms with Gasteiger partial charge in [0.1, 0.15) is 0 Å². The molecule has 1 rings (SSSR count). The van der Waals surface area contributed by atoms with E-state index >= 15 is 0 Å². The van der Waals surface area contributed by atoms with Crippen LogP contribution in [0, 0.1) is 0 Å². The van der Waals surface area contributed by atoms with E-state index in [9.17, 15) is 4.79 Å². The van der Waals surface area contributed by atoms with Gasteiger partial charge in [-0.2, -0.15) is 11.8 Å². The second-order valence-electron chi connectivity index (χ2n) is 4.10. The molecule has 1 aromatic heterocycles. The lowest BCUT2D eigenvalue weighted by atomic mass is 10.2. The molecule has 0 saturated heterocycles. The molecule has 100 valence electrons. The highest BCUT2D eigenvalue weighted by molar-refractivity contribution is 7.98. The van der Waals surface area contributed by atoms with E-state index < -0.39 is 0 Å². The van der Waals surface area contributed by atoms with Crippen molar-refractivity contribution in [2.24, 2.45) is 5.73 Å². The average Bonchev–Trinajstić information content (AvgIpc) is 2.42. The number of carbonyl (C=O) groups is 1. The number of aromatic nitrogens is 1. The summed E-state index contributed by atoms with van der Waals surface area (Å²) in [7, 11) is 0. The summed E-state index contributed by atoms with van der Waals surface area (Å²) in [5.74, 6) is 0.947. The lowest BCUT2D eigenvalue weighted by Gasteiger charge is -2.24.